The summed E-state index contributed by atoms with van der Waals surface area (Å²) in [5.74, 6) is -1.87. The van der Waals surface area contributed by atoms with E-state index in [-0.39, 0.29) is 0 Å². The quantitative estimate of drug-likeness (QED) is 0.631. The average molecular weight is 309 g/mol. The monoisotopic (exact) mass is 309 g/mol. The van der Waals surface area contributed by atoms with Gasteiger partial charge >= 0.3 is 12.1 Å². The molecule has 0 aliphatic heterocycles. The predicted molar refractivity (Wildman–Crippen MR) is 63.9 cm³/mol. The fourth-order valence-electron chi connectivity index (χ4n) is 1.18. The third-order valence-electron chi connectivity index (χ3n) is 2.18. The van der Waals surface area contributed by atoms with Crippen molar-refractivity contribution in [3.05, 3.63) is 29.8 Å². The van der Waals surface area contributed by atoms with Crippen molar-refractivity contribution in [1.82, 2.24) is 0 Å². The molecule has 1 aromatic rings. The van der Waals surface area contributed by atoms with Crippen LogP contribution in [0.3, 0.4) is 0 Å². The fourth-order valence-corrected chi connectivity index (χ4v) is 2.19. The third-order valence-corrected chi connectivity index (χ3v) is 3.47. The maximum absolute atomic E-state index is 12.6. The van der Waals surface area contributed by atoms with Crippen LogP contribution in [0.5, 0.6) is 0 Å². The van der Waals surface area contributed by atoms with E-state index in [0.29, 0.717) is 7.11 Å². The first kappa shape index (κ1) is 16.2. The zero-order valence-corrected chi connectivity index (χ0v) is 11.2. The number of aryl methyl sites for hydroxylation is 1. The summed E-state index contributed by atoms with van der Waals surface area (Å²) in [6, 6.07) is 4.99. The standard InChI is InChI=1S/C11H10F3NO4S/c1-7-3-5-8(6-4-7)20(17,18)15-9(10(16)19-2)11(12,13)14/h3-6H,1-2H3/b15-9+. The molecule has 0 atom stereocenters. The number of methoxy groups -OCH3 is 1. The molecule has 0 saturated carbocycles. The van der Waals surface area contributed by atoms with Crippen molar-refractivity contribution in [2.24, 2.45) is 4.40 Å². The molecule has 0 aliphatic rings. The highest BCUT2D eigenvalue weighted by atomic mass is 32.2. The summed E-state index contributed by atoms with van der Waals surface area (Å²) in [6.45, 7) is 1.68. The van der Waals surface area contributed by atoms with E-state index in [1.807, 2.05) is 0 Å². The minimum Gasteiger partial charge on any atom is -0.464 e. The summed E-state index contributed by atoms with van der Waals surface area (Å²) >= 11 is 0. The summed E-state index contributed by atoms with van der Waals surface area (Å²) in [7, 11) is -3.95. The largest absolute Gasteiger partial charge is 0.464 e. The van der Waals surface area contributed by atoms with Gasteiger partial charge in [0.25, 0.3) is 10.0 Å². The van der Waals surface area contributed by atoms with Crippen LogP contribution in [0.1, 0.15) is 5.56 Å². The number of alkyl halides is 3. The van der Waals surface area contributed by atoms with Crippen molar-refractivity contribution < 1.29 is 31.1 Å². The van der Waals surface area contributed by atoms with Crippen LogP contribution in [-0.2, 0) is 19.6 Å². The van der Waals surface area contributed by atoms with Gasteiger partial charge in [0.15, 0.2) is 0 Å². The second-order valence-electron chi connectivity index (χ2n) is 3.72. The van der Waals surface area contributed by atoms with Crippen LogP contribution in [0, 0.1) is 6.92 Å². The summed E-state index contributed by atoms with van der Waals surface area (Å²) < 4.78 is 67.6. The second-order valence-corrected chi connectivity index (χ2v) is 5.32. The molecular weight excluding hydrogens is 299 g/mol. The van der Waals surface area contributed by atoms with E-state index in [9.17, 15) is 26.4 Å². The molecule has 1 aromatic carbocycles. The smallest absolute Gasteiger partial charge is 0.441 e. The summed E-state index contributed by atoms with van der Waals surface area (Å²) in [5, 5.41) is 0. The maximum atomic E-state index is 12.6. The van der Waals surface area contributed by atoms with Crippen molar-refractivity contribution >= 4 is 21.7 Å². The van der Waals surface area contributed by atoms with Gasteiger partial charge in [0, 0.05) is 0 Å². The Morgan fingerprint density at radius 2 is 1.70 bits per heavy atom. The molecule has 0 saturated heterocycles. The van der Waals surface area contributed by atoms with E-state index in [0.717, 1.165) is 17.7 Å². The van der Waals surface area contributed by atoms with E-state index in [1.165, 1.54) is 12.1 Å². The lowest BCUT2D eigenvalue weighted by molar-refractivity contribution is -0.137. The zero-order valence-electron chi connectivity index (χ0n) is 10.4. The van der Waals surface area contributed by atoms with Crippen molar-refractivity contribution in [3.8, 4) is 0 Å². The van der Waals surface area contributed by atoms with E-state index in [2.05, 4.69) is 9.13 Å². The minimum atomic E-state index is -5.23. The molecule has 20 heavy (non-hydrogen) atoms. The molecule has 9 heteroatoms. The molecule has 0 radical (unpaired) electrons. The SMILES string of the molecule is COC(=O)/C(=N\S(=O)(=O)c1ccc(C)cc1)C(F)(F)F. The van der Waals surface area contributed by atoms with E-state index >= 15 is 0 Å². The first-order chi connectivity index (χ1) is 9.08. The zero-order chi connectivity index (χ0) is 15.6. The number of sulfonamides is 1. The van der Waals surface area contributed by atoms with Gasteiger partial charge in [0.2, 0.25) is 5.71 Å². The second kappa shape index (κ2) is 5.61. The fraction of sp³-hybridized carbons (Fsp3) is 0.273. The molecule has 0 N–H and O–H groups in total. The molecule has 0 unspecified atom stereocenters. The molecule has 0 aromatic heterocycles. The Balaban J connectivity index is 3.36. The van der Waals surface area contributed by atoms with Gasteiger partial charge < -0.3 is 4.74 Å². The molecule has 5 nitrogen and oxygen atoms in total. The Kier molecular flexibility index (Phi) is 4.53. The van der Waals surface area contributed by atoms with Gasteiger partial charge in [-0.2, -0.15) is 21.6 Å². The van der Waals surface area contributed by atoms with Gasteiger partial charge in [-0.15, -0.1) is 4.40 Å². The molecule has 0 amide bonds. The van der Waals surface area contributed by atoms with Crippen molar-refractivity contribution in [3.63, 3.8) is 0 Å². The van der Waals surface area contributed by atoms with Crippen LogP contribution in [-0.4, -0.2) is 33.4 Å². The molecular formula is C11H10F3NO4S. The Morgan fingerprint density at radius 1 is 1.20 bits per heavy atom. The number of rotatable bonds is 3. The van der Waals surface area contributed by atoms with Gasteiger partial charge in [-0.3, -0.25) is 0 Å². The molecule has 1 rings (SSSR count). The molecule has 0 heterocycles. The summed E-state index contributed by atoms with van der Waals surface area (Å²) in [6.07, 6.45) is -5.23. The van der Waals surface area contributed by atoms with Gasteiger partial charge in [-0.05, 0) is 19.1 Å². The minimum absolute atomic E-state index is 0.450. The van der Waals surface area contributed by atoms with Gasteiger partial charge in [-0.25, -0.2) is 4.79 Å². The Bertz CT molecular complexity index is 633. The van der Waals surface area contributed by atoms with Crippen LogP contribution >= 0.6 is 0 Å². The van der Waals surface area contributed by atoms with Gasteiger partial charge in [0.05, 0.1) is 12.0 Å². The van der Waals surface area contributed by atoms with Crippen molar-refractivity contribution in [2.75, 3.05) is 7.11 Å². The summed E-state index contributed by atoms with van der Waals surface area (Å²) in [4.78, 5) is 10.5. The highest BCUT2D eigenvalue weighted by molar-refractivity contribution is 7.90. The van der Waals surface area contributed by atoms with Crippen LogP contribution in [0.15, 0.2) is 33.6 Å². The van der Waals surface area contributed by atoms with Crippen LogP contribution < -0.4 is 0 Å². The first-order valence-corrected chi connectivity index (χ1v) is 6.59. The number of nitrogens with zero attached hydrogens (tertiary/aromatic N) is 1. The predicted octanol–water partition coefficient (Wildman–Crippen LogP) is 1.86. The maximum Gasteiger partial charge on any atom is 0.441 e. The molecule has 0 aliphatic carbocycles. The van der Waals surface area contributed by atoms with Crippen LogP contribution in [0.4, 0.5) is 13.2 Å². The van der Waals surface area contributed by atoms with E-state index in [4.69, 9.17) is 0 Å². The highest BCUT2D eigenvalue weighted by Crippen LogP contribution is 2.22. The number of carbonyl (C=O) groups excluding carboxylic acids is 1. The van der Waals surface area contributed by atoms with E-state index < -0.39 is 32.8 Å². The lowest BCUT2D eigenvalue weighted by Crippen LogP contribution is -2.33. The Hall–Kier alpha value is -1.90. The highest BCUT2D eigenvalue weighted by Gasteiger charge is 2.43. The number of ether oxygens (including phenoxy) is 1. The molecule has 0 spiro atoms. The van der Waals surface area contributed by atoms with Crippen LogP contribution in [0.2, 0.25) is 0 Å². The number of hydrogen-bond donors (Lipinski definition) is 0. The van der Waals surface area contributed by atoms with Crippen LogP contribution in [0.25, 0.3) is 0 Å². The van der Waals surface area contributed by atoms with Gasteiger partial charge in [0.1, 0.15) is 0 Å². The van der Waals surface area contributed by atoms with Gasteiger partial charge in [-0.1, -0.05) is 17.7 Å². The average Bonchev–Trinajstić information content (AvgIpc) is 2.34. The molecule has 0 bridgehead atoms. The normalized spacial score (nSPS) is 13.2. The summed E-state index contributed by atoms with van der Waals surface area (Å²) in [5.41, 5.74) is -1.41. The lowest BCUT2D eigenvalue weighted by Gasteiger charge is -2.08. The number of carbonyl (C=O) groups is 1. The third kappa shape index (κ3) is 3.80. The first-order valence-electron chi connectivity index (χ1n) is 5.15. The van der Waals surface area contributed by atoms with Crippen molar-refractivity contribution in [1.29, 1.82) is 0 Å². The number of benzene rings is 1. The molecule has 110 valence electrons. The Morgan fingerprint density at radius 3 is 2.10 bits per heavy atom. The molecule has 0 fully saturated rings. The number of hydrogen-bond acceptors (Lipinski definition) is 4. The topological polar surface area (TPSA) is 72.8 Å². The lowest BCUT2D eigenvalue weighted by atomic mass is 10.2. The number of esters is 1. The van der Waals surface area contributed by atoms with E-state index in [1.54, 1.807) is 6.92 Å². The number of halogens is 3. The Labute approximate surface area is 113 Å². The van der Waals surface area contributed by atoms with Crippen molar-refractivity contribution in [2.45, 2.75) is 18.0 Å².